The van der Waals surface area contributed by atoms with Crippen molar-refractivity contribution in [2.75, 3.05) is 45.9 Å². The van der Waals surface area contributed by atoms with E-state index < -0.39 is 11.9 Å². The van der Waals surface area contributed by atoms with Crippen LogP contribution in [-0.4, -0.2) is 77.9 Å². The van der Waals surface area contributed by atoms with Crippen molar-refractivity contribution in [2.24, 2.45) is 0 Å². The second-order valence-electron chi connectivity index (χ2n) is 7.83. The monoisotopic (exact) mass is 476 g/mol. The van der Waals surface area contributed by atoms with Crippen LogP contribution in [0.15, 0.2) is 54.6 Å². The van der Waals surface area contributed by atoms with Crippen LogP contribution in [0.3, 0.4) is 0 Å². The summed E-state index contributed by atoms with van der Waals surface area (Å²) in [6.07, 6.45) is 1.02. The normalized spacial score (nSPS) is 15.3. The molecule has 2 aromatic carbocycles. The lowest BCUT2D eigenvalue weighted by molar-refractivity contribution is -0.142. The summed E-state index contributed by atoms with van der Waals surface area (Å²) in [6.45, 7) is 6.59. The molecule has 0 aliphatic carbocycles. The Labute approximate surface area is 200 Å². The molecule has 8 heteroatoms. The van der Waals surface area contributed by atoms with E-state index in [0.717, 1.165) is 44.2 Å². The highest BCUT2D eigenvalue weighted by molar-refractivity contribution is 6.30. The Hall–Kier alpha value is -2.45. The van der Waals surface area contributed by atoms with Gasteiger partial charge in [-0.1, -0.05) is 61.0 Å². The summed E-state index contributed by atoms with van der Waals surface area (Å²) in [5, 5.41) is 17.3. The fourth-order valence-corrected chi connectivity index (χ4v) is 3.83. The van der Waals surface area contributed by atoms with Crippen LogP contribution in [0.5, 0.6) is 0 Å². The molecule has 0 radical (unpaired) electrons. The van der Waals surface area contributed by atoms with Gasteiger partial charge in [-0.2, -0.15) is 0 Å². The van der Waals surface area contributed by atoms with Gasteiger partial charge in [-0.3, -0.25) is 14.6 Å². The van der Waals surface area contributed by atoms with Crippen molar-refractivity contribution in [1.29, 1.82) is 0 Å². The third kappa shape index (κ3) is 9.92. The summed E-state index contributed by atoms with van der Waals surface area (Å²) < 4.78 is 5.15. The molecule has 7 nitrogen and oxygen atoms in total. The third-order valence-electron chi connectivity index (χ3n) is 5.31. The number of carboxylic acid groups (broad SMARTS) is 2. The minimum Gasteiger partial charge on any atom is -0.481 e. The van der Waals surface area contributed by atoms with Crippen LogP contribution in [0.25, 0.3) is 0 Å². The highest BCUT2D eigenvalue weighted by Crippen LogP contribution is 2.30. The van der Waals surface area contributed by atoms with E-state index in [4.69, 9.17) is 26.6 Å². The molecule has 0 amide bonds. The first-order chi connectivity index (χ1) is 15.9. The van der Waals surface area contributed by atoms with Crippen LogP contribution >= 0.6 is 11.6 Å². The van der Waals surface area contributed by atoms with E-state index in [0.29, 0.717) is 13.0 Å². The molecule has 1 heterocycles. The van der Waals surface area contributed by atoms with Crippen molar-refractivity contribution in [1.82, 2.24) is 9.80 Å². The molecule has 1 unspecified atom stereocenters. The molecular formula is C25H33ClN2O5. The number of benzene rings is 2. The number of rotatable bonds is 10. The van der Waals surface area contributed by atoms with Crippen molar-refractivity contribution >= 4 is 23.5 Å². The molecular weight excluding hydrogens is 444 g/mol. The zero-order valence-corrected chi connectivity index (χ0v) is 19.8. The quantitative estimate of drug-likeness (QED) is 0.500. The predicted molar refractivity (Wildman–Crippen MR) is 129 cm³/mol. The van der Waals surface area contributed by atoms with E-state index in [2.05, 4.69) is 46.2 Å². The van der Waals surface area contributed by atoms with Gasteiger partial charge in [0.25, 0.3) is 0 Å². The summed E-state index contributed by atoms with van der Waals surface area (Å²) in [4.78, 5) is 24.9. The van der Waals surface area contributed by atoms with Crippen LogP contribution in [0, 0.1) is 0 Å². The number of carbonyl (C=O) groups is 2. The van der Waals surface area contributed by atoms with Gasteiger partial charge in [0.1, 0.15) is 6.61 Å². The van der Waals surface area contributed by atoms with E-state index in [9.17, 15) is 9.59 Å². The van der Waals surface area contributed by atoms with Gasteiger partial charge in [-0.25, -0.2) is 4.79 Å². The molecule has 33 heavy (non-hydrogen) atoms. The smallest absolute Gasteiger partial charge is 0.329 e. The summed E-state index contributed by atoms with van der Waals surface area (Å²) in [6, 6.07) is 18.8. The Bertz CT molecular complexity index is 840. The minimum atomic E-state index is -0.923. The molecule has 0 bridgehead atoms. The molecule has 1 atom stereocenters. The molecule has 1 fully saturated rings. The Kier molecular flexibility index (Phi) is 11.9. The van der Waals surface area contributed by atoms with Crippen molar-refractivity contribution < 1.29 is 24.5 Å². The average Bonchev–Trinajstić information content (AvgIpc) is 2.80. The zero-order chi connectivity index (χ0) is 24.1. The van der Waals surface area contributed by atoms with Gasteiger partial charge >= 0.3 is 11.9 Å². The molecule has 1 aliphatic rings. The maximum Gasteiger partial charge on any atom is 0.329 e. The van der Waals surface area contributed by atoms with Crippen LogP contribution in [0.1, 0.15) is 36.9 Å². The van der Waals surface area contributed by atoms with Crippen LogP contribution in [0.4, 0.5) is 0 Å². The van der Waals surface area contributed by atoms with Crippen LogP contribution < -0.4 is 0 Å². The first-order valence-corrected chi connectivity index (χ1v) is 11.6. The number of piperazine rings is 1. The van der Waals surface area contributed by atoms with E-state index in [1.165, 1.54) is 11.1 Å². The summed E-state index contributed by atoms with van der Waals surface area (Å²) in [5.74, 6) is -1.63. The number of ether oxygens (including phenoxy) is 1. The maximum absolute atomic E-state index is 10.5. The number of carboxylic acids is 2. The number of nitrogens with zero attached hydrogens (tertiary/aromatic N) is 2. The van der Waals surface area contributed by atoms with E-state index >= 15 is 0 Å². The Morgan fingerprint density at radius 1 is 0.939 bits per heavy atom. The van der Waals surface area contributed by atoms with Gasteiger partial charge in [0.05, 0.1) is 12.6 Å². The Morgan fingerprint density at radius 2 is 1.55 bits per heavy atom. The third-order valence-corrected chi connectivity index (χ3v) is 5.57. The van der Waals surface area contributed by atoms with Gasteiger partial charge in [-0.15, -0.1) is 0 Å². The van der Waals surface area contributed by atoms with Crippen molar-refractivity contribution in [3.63, 3.8) is 0 Å². The summed E-state index contributed by atoms with van der Waals surface area (Å²) >= 11 is 6.08. The molecule has 2 N–H and O–H groups in total. The van der Waals surface area contributed by atoms with E-state index in [1.54, 1.807) is 0 Å². The first kappa shape index (κ1) is 26.8. The molecule has 180 valence electrons. The lowest BCUT2D eigenvalue weighted by atomic mass is 9.96. The predicted octanol–water partition coefficient (Wildman–Crippen LogP) is 4.02. The first-order valence-electron chi connectivity index (χ1n) is 11.2. The van der Waals surface area contributed by atoms with Gasteiger partial charge < -0.3 is 14.9 Å². The maximum atomic E-state index is 10.5. The standard InChI is InChI=1S/C21H25ClN2O3.C4H8O2/c22-19-8-6-18(7-9-19)21(17-4-2-1-3-5-17)24-12-10-23(11-13-24)14-15-27-16-20(25)26;1-2-3-4(5)6/h1-9,21H,10-16H2,(H,25,26);2-3H2,1H3,(H,5,6). The highest BCUT2D eigenvalue weighted by Gasteiger charge is 2.26. The van der Waals surface area contributed by atoms with Crippen molar-refractivity contribution in [3.8, 4) is 0 Å². The lowest BCUT2D eigenvalue weighted by Crippen LogP contribution is -2.48. The summed E-state index contributed by atoms with van der Waals surface area (Å²) in [5.41, 5.74) is 2.52. The molecule has 1 aliphatic heterocycles. The van der Waals surface area contributed by atoms with Gasteiger partial charge in [0.15, 0.2) is 0 Å². The number of aliphatic carboxylic acids is 2. The second kappa shape index (κ2) is 14.6. The van der Waals surface area contributed by atoms with Crippen LogP contribution in [0.2, 0.25) is 5.02 Å². The molecule has 0 saturated carbocycles. The molecule has 0 spiro atoms. The van der Waals surface area contributed by atoms with Crippen molar-refractivity contribution in [3.05, 3.63) is 70.7 Å². The van der Waals surface area contributed by atoms with E-state index in [1.807, 2.05) is 25.1 Å². The fourth-order valence-electron chi connectivity index (χ4n) is 3.71. The zero-order valence-electron chi connectivity index (χ0n) is 19.0. The number of hydrogen-bond acceptors (Lipinski definition) is 5. The number of hydrogen-bond donors (Lipinski definition) is 2. The molecule has 3 rings (SSSR count). The summed E-state index contributed by atoms with van der Waals surface area (Å²) in [7, 11) is 0. The lowest BCUT2D eigenvalue weighted by Gasteiger charge is -2.39. The van der Waals surface area contributed by atoms with Gasteiger partial charge in [-0.05, 0) is 29.7 Å². The molecule has 1 saturated heterocycles. The second-order valence-corrected chi connectivity index (χ2v) is 8.27. The van der Waals surface area contributed by atoms with Gasteiger partial charge in [0, 0.05) is 44.2 Å². The molecule has 0 aromatic heterocycles. The van der Waals surface area contributed by atoms with E-state index in [-0.39, 0.29) is 12.6 Å². The highest BCUT2D eigenvalue weighted by atomic mass is 35.5. The van der Waals surface area contributed by atoms with Crippen molar-refractivity contribution in [2.45, 2.75) is 25.8 Å². The van der Waals surface area contributed by atoms with Gasteiger partial charge in [0.2, 0.25) is 0 Å². The SMILES string of the molecule is CCCC(=O)O.O=C(O)COCCN1CCN(C(c2ccccc2)c2ccc(Cl)cc2)CC1. The Morgan fingerprint density at radius 3 is 2.06 bits per heavy atom. The average molecular weight is 477 g/mol. The molecule has 2 aromatic rings. The fraction of sp³-hybridized carbons (Fsp3) is 0.440. The number of halogens is 1. The Balaban J connectivity index is 0.000000569. The minimum absolute atomic E-state index is 0.203. The topological polar surface area (TPSA) is 90.3 Å². The largest absolute Gasteiger partial charge is 0.481 e. The van der Waals surface area contributed by atoms with Crippen LogP contribution in [-0.2, 0) is 14.3 Å².